The molecule has 0 spiro atoms. The Hall–Kier alpha value is -0.374. The van der Waals surface area contributed by atoms with Crippen molar-refractivity contribution in [2.45, 2.75) is 219 Å². The summed E-state index contributed by atoms with van der Waals surface area (Å²) in [5, 5.41) is 39.3. The van der Waals surface area contributed by atoms with Gasteiger partial charge in [-0.3, -0.25) is 0 Å². The van der Waals surface area contributed by atoms with Crippen LogP contribution in [0.25, 0.3) is 0 Å². The zero-order chi connectivity index (χ0) is 34.4. The molecule has 47 heavy (non-hydrogen) atoms. The average Bonchev–Trinajstić information content (AvgIpc) is 3.04. The standard InChI is InChI=1S/2C20H40O3.Mg/c2*1-2-3-4-5-6-7-8-9-10-11-12-13-14-15-16-19(17-18-21)20(22)23;/h2*19,21H,2-18H2,1H3,(H,22,23);/q;;+2/p-2. The van der Waals surface area contributed by atoms with E-state index in [1.807, 2.05) is 0 Å². The van der Waals surface area contributed by atoms with Gasteiger partial charge in [0, 0.05) is 37.0 Å². The fourth-order valence-electron chi connectivity index (χ4n) is 6.24. The molecule has 2 N–H and O–H groups in total. The number of aliphatic hydroxyl groups excluding tert-OH is 2. The van der Waals surface area contributed by atoms with Crippen LogP contribution in [0, 0.1) is 11.8 Å². The van der Waals surface area contributed by atoms with Crippen LogP contribution in [-0.2, 0) is 9.59 Å². The molecule has 0 bridgehead atoms. The summed E-state index contributed by atoms with van der Waals surface area (Å²) in [6.45, 7) is 4.40. The van der Waals surface area contributed by atoms with Crippen molar-refractivity contribution in [3.8, 4) is 0 Å². The number of unbranched alkanes of at least 4 members (excludes halogenated alkanes) is 26. The Labute approximate surface area is 308 Å². The molecule has 6 nitrogen and oxygen atoms in total. The Balaban J connectivity index is -0.000000807. The van der Waals surface area contributed by atoms with Crippen LogP contribution >= 0.6 is 0 Å². The van der Waals surface area contributed by atoms with Gasteiger partial charge >= 0.3 is 23.1 Å². The van der Waals surface area contributed by atoms with Gasteiger partial charge in [0.1, 0.15) is 0 Å². The zero-order valence-corrected chi connectivity index (χ0v) is 32.8. The molecule has 0 aliphatic rings. The molecule has 0 radical (unpaired) electrons. The van der Waals surface area contributed by atoms with Crippen molar-refractivity contribution in [3.05, 3.63) is 0 Å². The number of carbonyl (C=O) groups is 2. The minimum atomic E-state index is -1.01. The maximum atomic E-state index is 10.8. The van der Waals surface area contributed by atoms with Crippen LogP contribution < -0.4 is 10.2 Å². The van der Waals surface area contributed by atoms with Gasteiger partial charge < -0.3 is 30.0 Å². The van der Waals surface area contributed by atoms with Crippen LogP contribution in [0.15, 0.2) is 0 Å². The average molecular weight is 679 g/mol. The molecule has 2 unspecified atom stereocenters. The largest absolute Gasteiger partial charge is 2.00 e. The number of hydrogen-bond donors (Lipinski definition) is 2. The van der Waals surface area contributed by atoms with Gasteiger partial charge in [-0.1, -0.05) is 194 Å². The van der Waals surface area contributed by atoms with E-state index >= 15 is 0 Å². The van der Waals surface area contributed by atoms with Crippen LogP contribution in [0.3, 0.4) is 0 Å². The zero-order valence-electron chi connectivity index (χ0n) is 31.4. The van der Waals surface area contributed by atoms with Crippen LogP contribution in [0.1, 0.15) is 219 Å². The molecule has 7 heteroatoms. The molecule has 0 heterocycles. The topological polar surface area (TPSA) is 121 Å². The molecule has 0 saturated heterocycles. The molecule has 0 aromatic carbocycles. The second-order valence-electron chi connectivity index (χ2n) is 13.8. The number of carbonyl (C=O) groups excluding carboxylic acids is 2. The first-order valence-electron chi connectivity index (χ1n) is 20.1. The first-order valence-corrected chi connectivity index (χ1v) is 20.1. The molecule has 0 aliphatic carbocycles. The number of carboxylic acid groups (broad SMARTS) is 2. The van der Waals surface area contributed by atoms with E-state index in [2.05, 4.69) is 13.8 Å². The van der Waals surface area contributed by atoms with E-state index in [9.17, 15) is 19.8 Å². The summed E-state index contributed by atoms with van der Waals surface area (Å²) in [5.74, 6) is -2.93. The fourth-order valence-corrected chi connectivity index (χ4v) is 6.24. The number of carboxylic acids is 2. The third-order valence-corrected chi connectivity index (χ3v) is 9.43. The monoisotopic (exact) mass is 679 g/mol. The van der Waals surface area contributed by atoms with Gasteiger partial charge in [-0.2, -0.15) is 0 Å². The molecule has 0 rings (SSSR count). The van der Waals surface area contributed by atoms with E-state index in [0.29, 0.717) is 25.7 Å². The van der Waals surface area contributed by atoms with Crippen molar-refractivity contribution >= 4 is 35.0 Å². The minimum Gasteiger partial charge on any atom is -0.550 e. The minimum absolute atomic E-state index is 0. The summed E-state index contributed by atoms with van der Waals surface area (Å²) < 4.78 is 0. The van der Waals surface area contributed by atoms with Crippen LogP contribution in [0.4, 0.5) is 0 Å². The molecular formula is C40H78MgO6. The summed E-state index contributed by atoms with van der Waals surface area (Å²) >= 11 is 0. The SMILES string of the molecule is CCCCCCCCCCCCCCCCC(CCO)C(=O)[O-].CCCCCCCCCCCCCCCCC(CCO)C(=O)[O-].[Mg+2]. The van der Waals surface area contributed by atoms with Gasteiger partial charge in [0.05, 0.1) is 0 Å². The quantitative estimate of drug-likeness (QED) is 0.0505. The summed E-state index contributed by atoms with van der Waals surface area (Å²) in [6.07, 6.45) is 38.6. The van der Waals surface area contributed by atoms with Gasteiger partial charge in [-0.05, 0) is 25.7 Å². The molecule has 0 aliphatic heterocycles. The second-order valence-corrected chi connectivity index (χ2v) is 13.8. The summed E-state index contributed by atoms with van der Waals surface area (Å²) in [5.41, 5.74) is 0. The third kappa shape index (κ3) is 41.7. The van der Waals surface area contributed by atoms with E-state index in [4.69, 9.17) is 10.2 Å². The Morgan fingerprint density at radius 1 is 0.383 bits per heavy atom. The smallest absolute Gasteiger partial charge is 0.550 e. The van der Waals surface area contributed by atoms with Crippen molar-refractivity contribution in [3.63, 3.8) is 0 Å². The summed E-state index contributed by atoms with van der Waals surface area (Å²) in [7, 11) is 0. The molecule has 0 amide bonds. The van der Waals surface area contributed by atoms with Gasteiger partial charge in [0.2, 0.25) is 0 Å². The first kappa shape index (κ1) is 51.0. The molecule has 2 atom stereocenters. The summed E-state index contributed by atoms with van der Waals surface area (Å²) in [4.78, 5) is 21.7. The van der Waals surface area contributed by atoms with Crippen molar-refractivity contribution in [1.82, 2.24) is 0 Å². The molecule has 0 aromatic heterocycles. The predicted octanol–water partition coefficient (Wildman–Crippen LogP) is 8.83. The molecule has 0 aromatic rings. The van der Waals surface area contributed by atoms with E-state index in [1.165, 1.54) is 154 Å². The van der Waals surface area contributed by atoms with Gasteiger partial charge in [-0.25, -0.2) is 0 Å². The second kappa shape index (κ2) is 43.6. The normalized spacial score (nSPS) is 12.2. The molecule has 276 valence electrons. The van der Waals surface area contributed by atoms with E-state index in [-0.39, 0.29) is 36.3 Å². The molecule has 0 saturated carbocycles. The van der Waals surface area contributed by atoms with Gasteiger partial charge in [-0.15, -0.1) is 0 Å². The van der Waals surface area contributed by atoms with Crippen LogP contribution in [-0.4, -0.2) is 58.4 Å². The third-order valence-electron chi connectivity index (χ3n) is 9.43. The fraction of sp³-hybridized carbons (Fsp3) is 0.950. The Morgan fingerprint density at radius 2 is 0.574 bits per heavy atom. The Bertz CT molecular complexity index is 566. The molecular weight excluding hydrogens is 601 g/mol. The van der Waals surface area contributed by atoms with E-state index in [1.54, 1.807) is 0 Å². The van der Waals surface area contributed by atoms with Crippen LogP contribution in [0.5, 0.6) is 0 Å². The Kier molecular flexibility index (Phi) is 47.4. The first-order chi connectivity index (χ1) is 22.4. The van der Waals surface area contributed by atoms with Crippen molar-refractivity contribution in [1.29, 1.82) is 0 Å². The van der Waals surface area contributed by atoms with Crippen molar-refractivity contribution < 1.29 is 30.0 Å². The van der Waals surface area contributed by atoms with Gasteiger partial charge in [0.25, 0.3) is 0 Å². The maximum Gasteiger partial charge on any atom is 2.00 e. The van der Waals surface area contributed by atoms with Gasteiger partial charge in [0.15, 0.2) is 0 Å². The number of aliphatic carboxylic acids is 2. The number of rotatable bonds is 36. The number of hydrogen-bond acceptors (Lipinski definition) is 6. The Morgan fingerprint density at radius 3 is 0.745 bits per heavy atom. The predicted molar refractivity (Wildman–Crippen MR) is 196 cm³/mol. The van der Waals surface area contributed by atoms with E-state index < -0.39 is 23.8 Å². The number of aliphatic hydroxyl groups is 2. The van der Waals surface area contributed by atoms with Crippen molar-refractivity contribution in [2.24, 2.45) is 11.8 Å². The van der Waals surface area contributed by atoms with Crippen LogP contribution in [0.2, 0.25) is 0 Å². The van der Waals surface area contributed by atoms with Crippen molar-refractivity contribution in [2.75, 3.05) is 13.2 Å². The molecule has 0 fully saturated rings. The maximum absolute atomic E-state index is 10.8. The summed E-state index contributed by atoms with van der Waals surface area (Å²) in [6, 6.07) is 0. The van der Waals surface area contributed by atoms with E-state index in [0.717, 1.165) is 25.7 Å².